The summed E-state index contributed by atoms with van der Waals surface area (Å²) >= 11 is 0. The Morgan fingerprint density at radius 1 is 1.43 bits per heavy atom. The predicted octanol–water partition coefficient (Wildman–Crippen LogP) is 3.10. The summed E-state index contributed by atoms with van der Waals surface area (Å²) < 4.78 is 18.6. The molecular formula is C16H23FN2O2. The molecule has 2 rings (SSSR count). The van der Waals surface area contributed by atoms with Crippen LogP contribution in [0.4, 0.5) is 9.18 Å². The number of carbonyl (C=O) groups excluding carboxylic acids is 1. The molecule has 0 spiro atoms. The van der Waals surface area contributed by atoms with E-state index in [0.29, 0.717) is 19.1 Å². The monoisotopic (exact) mass is 294 g/mol. The molecule has 4 nitrogen and oxygen atoms in total. The van der Waals surface area contributed by atoms with Gasteiger partial charge in [0.05, 0.1) is 7.11 Å². The second-order valence-corrected chi connectivity index (χ2v) is 5.38. The van der Waals surface area contributed by atoms with Gasteiger partial charge in [-0.15, -0.1) is 0 Å². The van der Waals surface area contributed by atoms with Gasteiger partial charge in [-0.3, -0.25) is 0 Å². The molecule has 1 atom stereocenters. The lowest BCUT2D eigenvalue weighted by atomic mass is 9.99. The molecule has 1 aromatic rings. The number of methoxy groups -OCH3 is 1. The molecule has 1 aromatic carbocycles. The van der Waals surface area contributed by atoms with Gasteiger partial charge in [0.1, 0.15) is 5.82 Å². The summed E-state index contributed by atoms with van der Waals surface area (Å²) in [5.41, 5.74) is 0.718. The van der Waals surface area contributed by atoms with Crippen molar-refractivity contribution in [1.82, 2.24) is 10.2 Å². The van der Waals surface area contributed by atoms with Crippen molar-refractivity contribution in [3.8, 4) is 0 Å². The molecule has 1 fully saturated rings. The number of hydrogen-bond donors (Lipinski definition) is 1. The molecule has 1 saturated heterocycles. The van der Waals surface area contributed by atoms with Gasteiger partial charge < -0.3 is 15.0 Å². The van der Waals surface area contributed by atoms with Crippen molar-refractivity contribution in [3.05, 3.63) is 35.6 Å². The Morgan fingerprint density at radius 2 is 2.10 bits per heavy atom. The van der Waals surface area contributed by atoms with Crippen molar-refractivity contribution in [1.29, 1.82) is 0 Å². The van der Waals surface area contributed by atoms with Crippen LogP contribution >= 0.6 is 0 Å². The number of halogens is 1. The lowest BCUT2D eigenvalue weighted by Gasteiger charge is -2.33. The molecule has 0 bridgehead atoms. The Kier molecular flexibility index (Phi) is 5.56. The quantitative estimate of drug-likeness (QED) is 0.928. The Bertz CT molecular complexity index is 473. The van der Waals surface area contributed by atoms with Crippen LogP contribution in [-0.4, -0.2) is 37.2 Å². The molecule has 0 aromatic heterocycles. The summed E-state index contributed by atoms with van der Waals surface area (Å²) in [5, 5.41) is 3.52. The van der Waals surface area contributed by atoms with Crippen LogP contribution in [0.3, 0.4) is 0 Å². The summed E-state index contributed by atoms with van der Waals surface area (Å²) in [6.45, 7) is 3.41. The van der Waals surface area contributed by atoms with Gasteiger partial charge in [-0.25, -0.2) is 9.18 Å². The molecule has 0 saturated carbocycles. The summed E-state index contributed by atoms with van der Waals surface area (Å²) in [6, 6.07) is 7.22. The first-order valence-corrected chi connectivity index (χ1v) is 7.49. The van der Waals surface area contributed by atoms with Crippen LogP contribution in [0.1, 0.15) is 37.8 Å². The topological polar surface area (TPSA) is 41.6 Å². The number of likely N-dealkylation sites (tertiary alicyclic amines) is 1. The molecule has 0 aliphatic carbocycles. The zero-order valence-corrected chi connectivity index (χ0v) is 12.6. The molecule has 0 radical (unpaired) electrons. The lowest BCUT2D eigenvalue weighted by Crippen LogP contribution is -2.45. The fraction of sp³-hybridized carbons (Fsp3) is 0.562. The van der Waals surface area contributed by atoms with Gasteiger partial charge in [-0.2, -0.15) is 0 Å². The third-order valence-electron chi connectivity index (χ3n) is 4.05. The number of nitrogens with one attached hydrogen (secondary N) is 1. The molecule has 1 heterocycles. The average molecular weight is 294 g/mol. The minimum atomic E-state index is -0.269. The van der Waals surface area contributed by atoms with Crippen LogP contribution < -0.4 is 5.32 Å². The van der Waals surface area contributed by atoms with Crippen molar-refractivity contribution < 1.29 is 13.9 Å². The van der Waals surface area contributed by atoms with Gasteiger partial charge in [-0.05, 0) is 25.3 Å². The van der Waals surface area contributed by atoms with Crippen molar-refractivity contribution in [3.63, 3.8) is 0 Å². The van der Waals surface area contributed by atoms with Crippen LogP contribution in [0.2, 0.25) is 0 Å². The molecule has 5 heteroatoms. The first-order chi connectivity index (χ1) is 10.2. The van der Waals surface area contributed by atoms with Crippen molar-refractivity contribution in [2.24, 2.45) is 0 Å². The van der Waals surface area contributed by atoms with Gasteiger partial charge >= 0.3 is 6.09 Å². The van der Waals surface area contributed by atoms with Crippen LogP contribution in [0.15, 0.2) is 24.3 Å². The molecule has 1 amide bonds. The largest absolute Gasteiger partial charge is 0.453 e. The number of rotatable bonds is 4. The first kappa shape index (κ1) is 15.8. The van der Waals surface area contributed by atoms with Gasteiger partial charge in [0.15, 0.2) is 0 Å². The number of amides is 1. The third-order valence-corrected chi connectivity index (χ3v) is 4.05. The highest BCUT2D eigenvalue weighted by Gasteiger charge is 2.25. The summed E-state index contributed by atoms with van der Waals surface area (Å²) in [7, 11) is 1.40. The second kappa shape index (κ2) is 7.41. The third kappa shape index (κ3) is 3.94. The number of benzene rings is 1. The Morgan fingerprint density at radius 3 is 2.67 bits per heavy atom. The number of piperidine rings is 1. The minimum absolute atomic E-state index is 0.0147. The Balaban J connectivity index is 1.92. The van der Waals surface area contributed by atoms with E-state index in [0.717, 1.165) is 24.8 Å². The summed E-state index contributed by atoms with van der Waals surface area (Å²) in [6.07, 6.45) is 2.28. The predicted molar refractivity (Wildman–Crippen MR) is 79.6 cm³/mol. The van der Waals surface area contributed by atoms with E-state index in [9.17, 15) is 9.18 Å². The highest BCUT2D eigenvalue weighted by Crippen LogP contribution is 2.22. The van der Waals surface area contributed by atoms with E-state index < -0.39 is 0 Å². The summed E-state index contributed by atoms with van der Waals surface area (Å²) in [4.78, 5) is 13.2. The summed E-state index contributed by atoms with van der Waals surface area (Å²) in [5.74, 6) is -0.163. The first-order valence-electron chi connectivity index (χ1n) is 7.49. The van der Waals surface area contributed by atoms with Crippen LogP contribution in [0.25, 0.3) is 0 Å². The number of ether oxygens (including phenoxy) is 1. The number of hydrogen-bond acceptors (Lipinski definition) is 3. The van der Waals surface area contributed by atoms with Crippen LogP contribution in [-0.2, 0) is 4.74 Å². The van der Waals surface area contributed by atoms with E-state index >= 15 is 0 Å². The van der Waals surface area contributed by atoms with Gasteiger partial charge in [0.25, 0.3) is 0 Å². The van der Waals surface area contributed by atoms with Gasteiger partial charge in [-0.1, -0.05) is 25.1 Å². The molecule has 116 valence electrons. The fourth-order valence-corrected chi connectivity index (χ4v) is 2.83. The van der Waals surface area contributed by atoms with Crippen LogP contribution in [0.5, 0.6) is 0 Å². The van der Waals surface area contributed by atoms with E-state index in [4.69, 9.17) is 4.74 Å². The van der Waals surface area contributed by atoms with E-state index in [1.165, 1.54) is 13.2 Å². The normalized spacial score (nSPS) is 17.6. The second-order valence-electron chi connectivity index (χ2n) is 5.38. The minimum Gasteiger partial charge on any atom is -0.453 e. The van der Waals surface area contributed by atoms with E-state index in [2.05, 4.69) is 5.32 Å². The standard InChI is InChI=1S/C16H23FN2O2/c1-3-15(13-6-4-5-7-14(13)17)18-12-8-10-19(11-9-12)16(20)21-2/h4-7,12,15,18H,3,8-11H2,1-2H3/t15-/m0/s1. The Labute approximate surface area is 125 Å². The van der Waals surface area contributed by atoms with Gasteiger partial charge in [0, 0.05) is 30.7 Å². The maximum atomic E-state index is 13.9. The SMILES string of the molecule is CC[C@H](NC1CCN(C(=O)OC)CC1)c1ccccc1F. The van der Waals surface area contributed by atoms with Crippen molar-refractivity contribution in [2.75, 3.05) is 20.2 Å². The zero-order valence-electron chi connectivity index (χ0n) is 12.6. The number of carbonyl (C=O) groups is 1. The van der Waals surface area contributed by atoms with Crippen molar-refractivity contribution >= 4 is 6.09 Å². The van der Waals surface area contributed by atoms with E-state index in [1.807, 2.05) is 19.1 Å². The fourth-order valence-electron chi connectivity index (χ4n) is 2.83. The zero-order chi connectivity index (χ0) is 15.2. The molecule has 0 unspecified atom stereocenters. The van der Waals surface area contributed by atoms with Crippen molar-refractivity contribution in [2.45, 2.75) is 38.3 Å². The van der Waals surface area contributed by atoms with Crippen LogP contribution in [0, 0.1) is 5.82 Å². The Hall–Kier alpha value is -1.62. The molecule has 1 aliphatic rings. The molecular weight excluding hydrogens is 271 g/mol. The molecule has 1 N–H and O–H groups in total. The molecule has 1 aliphatic heterocycles. The lowest BCUT2D eigenvalue weighted by molar-refractivity contribution is 0.108. The highest BCUT2D eigenvalue weighted by molar-refractivity contribution is 5.67. The molecule has 21 heavy (non-hydrogen) atoms. The number of nitrogens with zero attached hydrogens (tertiary/aromatic N) is 1. The van der Waals surface area contributed by atoms with Gasteiger partial charge in [0.2, 0.25) is 0 Å². The van der Waals surface area contributed by atoms with E-state index in [-0.39, 0.29) is 18.0 Å². The maximum Gasteiger partial charge on any atom is 0.409 e. The average Bonchev–Trinajstić information content (AvgIpc) is 2.53. The van der Waals surface area contributed by atoms with E-state index in [1.54, 1.807) is 11.0 Å². The maximum absolute atomic E-state index is 13.9. The smallest absolute Gasteiger partial charge is 0.409 e. The highest BCUT2D eigenvalue weighted by atomic mass is 19.1.